The molecule has 0 aromatic carbocycles. The van der Waals surface area contributed by atoms with E-state index in [0.717, 1.165) is 5.69 Å². The Morgan fingerprint density at radius 2 is 2.56 bits per heavy atom. The van der Waals surface area contributed by atoms with Crippen LogP contribution in [0, 0.1) is 6.92 Å². The summed E-state index contributed by atoms with van der Waals surface area (Å²) in [5.74, 6) is 0. The van der Waals surface area contributed by atoms with Crippen LogP contribution in [0.4, 0.5) is 0 Å². The van der Waals surface area contributed by atoms with E-state index >= 15 is 0 Å². The number of hydrogen-bond donors (Lipinski definition) is 1. The number of aryl methyl sites for hydroxylation is 1. The van der Waals surface area contributed by atoms with Gasteiger partial charge in [0.25, 0.3) is 0 Å². The van der Waals surface area contributed by atoms with Crippen molar-refractivity contribution in [1.82, 2.24) is 4.98 Å². The third kappa shape index (κ3) is 1.46. The topological polar surface area (TPSA) is 33.1 Å². The van der Waals surface area contributed by atoms with Crippen LogP contribution in [0.25, 0.3) is 0 Å². The van der Waals surface area contributed by atoms with Crippen LogP contribution in [0.2, 0.25) is 0 Å². The van der Waals surface area contributed by atoms with Gasteiger partial charge in [-0.05, 0) is 19.1 Å². The zero-order chi connectivity index (χ0) is 6.85. The van der Waals surface area contributed by atoms with Crippen molar-refractivity contribution in [2.24, 2.45) is 0 Å². The zero-order valence-corrected chi connectivity index (χ0v) is 6.42. The molecule has 0 aliphatic carbocycles. The van der Waals surface area contributed by atoms with E-state index in [2.05, 4.69) is 17.2 Å². The van der Waals surface area contributed by atoms with Gasteiger partial charge in [0.05, 0.1) is 0 Å². The van der Waals surface area contributed by atoms with Gasteiger partial charge in [-0.3, -0.25) is 0 Å². The number of aliphatic hydroxyl groups is 1. The smallest absolute Gasteiger partial charge is 0.218 e. The molecule has 1 heterocycles. The number of aliphatic hydroxyl groups excluding tert-OH is 1. The highest BCUT2D eigenvalue weighted by molar-refractivity contribution is 7.80. The Balaban J connectivity index is 2.98. The molecule has 1 aromatic heterocycles. The molecule has 0 aliphatic rings. The summed E-state index contributed by atoms with van der Waals surface area (Å²) in [6.07, 6.45) is 0. The van der Waals surface area contributed by atoms with Crippen LogP contribution in [0.1, 0.15) is 10.7 Å². The van der Waals surface area contributed by atoms with E-state index < -0.39 is 0 Å². The van der Waals surface area contributed by atoms with Crippen molar-refractivity contribution in [2.75, 3.05) is 0 Å². The fraction of sp³-hybridized carbons (Fsp3) is 0.200. The van der Waals surface area contributed by atoms with Crippen LogP contribution in [-0.2, 0) is 0 Å². The van der Waals surface area contributed by atoms with Gasteiger partial charge < -0.3 is 5.11 Å². The lowest BCUT2D eigenvalue weighted by Gasteiger charge is -1.82. The third-order valence-corrected chi connectivity index (χ3v) is 2.09. The molecular formula is C5H5NOS2. The van der Waals surface area contributed by atoms with Crippen LogP contribution in [0.15, 0.2) is 5.38 Å². The van der Waals surface area contributed by atoms with Gasteiger partial charge in [0, 0.05) is 11.1 Å². The van der Waals surface area contributed by atoms with Crippen LogP contribution >= 0.6 is 23.6 Å². The van der Waals surface area contributed by atoms with Crippen molar-refractivity contribution >= 4 is 28.6 Å². The van der Waals surface area contributed by atoms with Gasteiger partial charge in [-0.25, -0.2) is 4.98 Å². The molecule has 0 saturated carbocycles. The first kappa shape index (κ1) is 6.64. The Morgan fingerprint density at radius 1 is 1.89 bits per heavy atom. The molecule has 0 radical (unpaired) electrons. The molecule has 48 valence electrons. The molecule has 0 unspecified atom stereocenters. The molecule has 1 rings (SSSR count). The highest BCUT2D eigenvalue weighted by Crippen LogP contribution is 2.08. The molecule has 1 N–H and O–H groups in total. The predicted molar refractivity (Wildman–Crippen MR) is 41.2 cm³/mol. The van der Waals surface area contributed by atoms with E-state index in [-0.39, 0.29) is 5.05 Å². The molecule has 0 amide bonds. The van der Waals surface area contributed by atoms with Crippen molar-refractivity contribution in [3.8, 4) is 0 Å². The van der Waals surface area contributed by atoms with E-state index in [4.69, 9.17) is 5.11 Å². The second kappa shape index (κ2) is 2.41. The Kier molecular flexibility index (Phi) is 1.78. The molecule has 0 aliphatic heterocycles. The maximum absolute atomic E-state index is 8.72. The molecule has 0 atom stereocenters. The average Bonchev–Trinajstić information content (AvgIpc) is 2.14. The van der Waals surface area contributed by atoms with E-state index in [9.17, 15) is 0 Å². The Morgan fingerprint density at radius 3 is 2.78 bits per heavy atom. The van der Waals surface area contributed by atoms with Gasteiger partial charge in [0.2, 0.25) is 5.05 Å². The summed E-state index contributed by atoms with van der Waals surface area (Å²) in [5.41, 5.74) is 0.895. The van der Waals surface area contributed by atoms with Gasteiger partial charge in [-0.15, -0.1) is 11.3 Å². The summed E-state index contributed by atoms with van der Waals surface area (Å²) in [4.78, 5) is 3.94. The minimum atomic E-state index is -0.117. The number of aromatic nitrogens is 1. The molecular weight excluding hydrogens is 154 g/mol. The van der Waals surface area contributed by atoms with Gasteiger partial charge in [0.1, 0.15) is 0 Å². The Bertz CT molecular complexity index is 231. The van der Waals surface area contributed by atoms with Gasteiger partial charge in [-0.1, -0.05) is 0 Å². The van der Waals surface area contributed by atoms with Gasteiger partial charge in [-0.2, -0.15) is 0 Å². The summed E-state index contributed by atoms with van der Waals surface area (Å²) >= 11 is 5.83. The second-order valence-electron chi connectivity index (χ2n) is 1.60. The van der Waals surface area contributed by atoms with Crippen LogP contribution in [0.3, 0.4) is 0 Å². The van der Waals surface area contributed by atoms with Crippen LogP contribution in [-0.4, -0.2) is 15.1 Å². The average molecular weight is 159 g/mol. The lowest BCUT2D eigenvalue weighted by Crippen LogP contribution is -1.91. The van der Waals surface area contributed by atoms with Crippen molar-refractivity contribution in [2.45, 2.75) is 6.92 Å². The summed E-state index contributed by atoms with van der Waals surface area (Å²) in [6, 6.07) is 0. The molecule has 0 spiro atoms. The number of thiazole rings is 1. The summed E-state index contributed by atoms with van der Waals surface area (Å²) < 4.78 is 0. The first-order valence-electron chi connectivity index (χ1n) is 2.35. The number of nitrogens with zero attached hydrogens (tertiary/aromatic N) is 1. The number of rotatable bonds is 1. The highest BCUT2D eigenvalue weighted by atomic mass is 32.1. The summed E-state index contributed by atoms with van der Waals surface area (Å²) in [6.45, 7) is 1.86. The van der Waals surface area contributed by atoms with Crippen molar-refractivity contribution < 1.29 is 5.11 Å². The summed E-state index contributed by atoms with van der Waals surface area (Å²) in [7, 11) is 0. The first-order valence-corrected chi connectivity index (χ1v) is 3.64. The van der Waals surface area contributed by atoms with Crippen molar-refractivity contribution in [1.29, 1.82) is 0 Å². The quantitative estimate of drug-likeness (QED) is 0.633. The fourth-order valence-electron chi connectivity index (χ4n) is 0.452. The van der Waals surface area contributed by atoms with Crippen molar-refractivity contribution in [3.63, 3.8) is 0 Å². The molecule has 0 fully saturated rings. The van der Waals surface area contributed by atoms with E-state index in [0.29, 0.717) is 5.01 Å². The molecule has 0 saturated heterocycles. The van der Waals surface area contributed by atoms with Crippen LogP contribution < -0.4 is 0 Å². The number of thiocarbonyl (C=S) groups is 1. The van der Waals surface area contributed by atoms with E-state index in [1.165, 1.54) is 11.3 Å². The Hall–Kier alpha value is -0.480. The monoisotopic (exact) mass is 159 g/mol. The van der Waals surface area contributed by atoms with Crippen LogP contribution in [0.5, 0.6) is 0 Å². The fourth-order valence-corrected chi connectivity index (χ4v) is 1.27. The SMILES string of the molecule is Cc1csc(C(O)=S)n1. The van der Waals surface area contributed by atoms with Gasteiger partial charge >= 0.3 is 0 Å². The molecule has 4 heteroatoms. The normalized spacial score (nSPS) is 9.44. The summed E-state index contributed by atoms with van der Waals surface area (Å²) in [5, 5.41) is 11.0. The maximum atomic E-state index is 8.72. The molecule has 2 nitrogen and oxygen atoms in total. The number of hydrogen-bond acceptors (Lipinski definition) is 3. The third-order valence-electron chi connectivity index (χ3n) is 0.802. The van der Waals surface area contributed by atoms with E-state index in [1.54, 1.807) is 0 Å². The standard InChI is InChI=1S/C5H5NOS2/c1-3-2-9-4(6-3)5(7)8/h2H,1H3,(H,7,8). The van der Waals surface area contributed by atoms with Crippen molar-refractivity contribution in [3.05, 3.63) is 16.1 Å². The highest BCUT2D eigenvalue weighted by Gasteiger charge is 2.00. The second-order valence-corrected chi connectivity index (χ2v) is 2.84. The first-order chi connectivity index (χ1) is 4.20. The minimum Gasteiger partial charge on any atom is -0.497 e. The predicted octanol–water partition coefficient (Wildman–Crippen LogP) is 1.69. The lowest BCUT2D eigenvalue weighted by atomic mass is 10.6. The molecule has 0 bridgehead atoms. The maximum Gasteiger partial charge on any atom is 0.218 e. The molecule has 1 aromatic rings. The minimum absolute atomic E-state index is 0.117. The zero-order valence-electron chi connectivity index (χ0n) is 4.79. The lowest BCUT2D eigenvalue weighted by molar-refractivity contribution is 0.570. The largest absolute Gasteiger partial charge is 0.497 e. The van der Waals surface area contributed by atoms with E-state index in [1.807, 2.05) is 12.3 Å². The molecule has 9 heavy (non-hydrogen) atoms. The van der Waals surface area contributed by atoms with Gasteiger partial charge in [0.15, 0.2) is 5.01 Å². The Labute approximate surface area is 62.2 Å².